The van der Waals surface area contributed by atoms with Gasteiger partial charge in [-0.2, -0.15) is 0 Å². The summed E-state index contributed by atoms with van der Waals surface area (Å²) in [6, 6.07) is 17.9. The second-order valence-electron chi connectivity index (χ2n) is 4.42. The molecule has 3 nitrogen and oxygen atoms in total. The minimum absolute atomic E-state index is 0.0995. The van der Waals surface area contributed by atoms with Crippen molar-refractivity contribution in [2.24, 2.45) is 0 Å². The minimum Gasteiger partial charge on any atom is -0.491 e. The first-order chi connectivity index (χ1) is 9.29. The lowest BCUT2D eigenvalue weighted by Gasteiger charge is -2.13. The first kappa shape index (κ1) is 13.6. The van der Waals surface area contributed by atoms with Gasteiger partial charge >= 0.3 is 0 Å². The Morgan fingerprint density at radius 1 is 0.947 bits per heavy atom. The van der Waals surface area contributed by atoms with Gasteiger partial charge in [-0.15, -0.1) is 0 Å². The van der Waals surface area contributed by atoms with Gasteiger partial charge in [-0.1, -0.05) is 48.5 Å². The van der Waals surface area contributed by atoms with E-state index in [-0.39, 0.29) is 13.2 Å². The van der Waals surface area contributed by atoms with E-state index in [2.05, 4.69) is 12.1 Å². The Kier molecular flexibility index (Phi) is 4.95. The highest BCUT2D eigenvalue weighted by Gasteiger charge is 2.07. The fraction of sp³-hybridized carbons (Fsp3) is 0.250. The zero-order valence-electron chi connectivity index (χ0n) is 10.7. The van der Waals surface area contributed by atoms with Gasteiger partial charge in [-0.05, 0) is 17.2 Å². The highest BCUT2D eigenvalue weighted by atomic mass is 16.5. The molecule has 2 aromatic carbocycles. The molecular weight excluding hydrogens is 240 g/mol. The van der Waals surface area contributed by atoms with Crippen LogP contribution in [0.4, 0.5) is 0 Å². The minimum atomic E-state index is -0.843. The fourth-order valence-electron chi connectivity index (χ4n) is 1.85. The van der Waals surface area contributed by atoms with E-state index in [9.17, 15) is 5.11 Å². The number of para-hydroxylation sites is 1. The van der Waals surface area contributed by atoms with Gasteiger partial charge in [0, 0.05) is 6.42 Å². The molecule has 0 saturated heterocycles. The van der Waals surface area contributed by atoms with Gasteiger partial charge in [0.25, 0.3) is 0 Å². The number of rotatable bonds is 6. The summed E-state index contributed by atoms with van der Waals surface area (Å²) in [6.45, 7) is -0.191. The second kappa shape index (κ2) is 6.92. The maximum Gasteiger partial charge on any atom is 0.122 e. The summed E-state index contributed by atoms with van der Waals surface area (Å²) in [7, 11) is 0. The number of aliphatic hydroxyl groups is 2. The molecule has 0 fully saturated rings. The predicted molar refractivity (Wildman–Crippen MR) is 74.3 cm³/mol. The van der Waals surface area contributed by atoms with Crippen molar-refractivity contribution in [2.75, 3.05) is 13.2 Å². The number of benzene rings is 2. The largest absolute Gasteiger partial charge is 0.491 e. The molecule has 0 bridgehead atoms. The summed E-state index contributed by atoms with van der Waals surface area (Å²) in [5.41, 5.74) is 2.28. The smallest absolute Gasteiger partial charge is 0.122 e. The van der Waals surface area contributed by atoms with Gasteiger partial charge in [-0.25, -0.2) is 0 Å². The van der Waals surface area contributed by atoms with Gasteiger partial charge < -0.3 is 14.9 Å². The van der Waals surface area contributed by atoms with Crippen LogP contribution >= 0.6 is 0 Å². The van der Waals surface area contributed by atoms with Crippen molar-refractivity contribution < 1.29 is 14.9 Å². The SMILES string of the molecule is OC[C@H](O)COc1ccccc1Cc1ccccc1. The molecule has 0 aromatic heterocycles. The van der Waals surface area contributed by atoms with Crippen molar-refractivity contribution in [1.82, 2.24) is 0 Å². The van der Waals surface area contributed by atoms with Crippen LogP contribution in [0, 0.1) is 0 Å². The topological polar surface area (TPSA) is 49.7 Å². The van der Waals surface area contributed by atoms with Crippen LogP contribution in [0.1, 0.15) is 11.1 Å². The van der Waals surface area contributed by atoms with Gasteiger partial charge in [0.1, 0.15) is 18.5 Å². The molecule has 0 saturated carbocycles. The molecule has 0 aliphatic heterocycles. The van der Waals surface area contributed by atoms with Crippen molar-refractivity contribution in [3.8, 4) is 5.75 Å². The zero-order valence-corrected chi connectivity index (χ0v) is 10.7. The van der Waals surface area contributed by atoms with Crippen molar-refractivity contribution in [3.63, 3.8) is 0 Å². The molecule has 0 radical (unpaired) electrons. The van der Waals surface area contributed by atoms with Crippen LogP contribution in [0.15, 0.2) is 54.6 Å². The van der Waals surface area contributed by atoms with Gasteiger partial charge in [0.15, 0.2) is 0 Å². The molecule has 2 aromatic rings. The molecule has 2 N–H and O–H groups in total. The maximum absolute atomic E-state index is 9.32. The molecule has 0 spiro atoms. The zero-order chi connectivity index (χ0) is 13.5. The third kappa shape index (κ3) is 4.09. The molecule has 2 rings (SSSR count). The third-order valence-corrected chi connectivity index (χ3v) is 2.85. The number of hydrogen-bond donors (Lipinski definition) is 2. The summed E-state index contributed by atoms with van der Waals surface area (Å²) in [4.78, 5) is 0. The molecule has 19 heavy (non-hydrogen) atoms. The van der Waals surface area contributed by atoms with E-state index < -0.39 is 6.10 Å². The standard InChI is InChI=1S/C16H18O3/c17-11-15(18)12-19-16-9-5-4-8-14(16)10-13-6-2-1-3-7-13/h1-9,15,17-18H,10-12H2/t15-/m0/s1. The Morgan fingerprint density at radius 3 is 2.37 bits per heavy atom. The van der Waals surface area contributed by atoms with Crippen LogP contribution in [-0.2, 0) is 6.42 Å². The van der Waals surface area contributed by atoms with Crippen LogP contribution < -0.4 is 4.74 Å². The molecule has 0 unspecified atom stereocenters. The van der Waals surface area contributed by atoms with Crippen molar-refractivity contribution in [2.45, 2.75) is 12.5 Å². The molecular formula is C16H18O3. The average molecular weight is 258 g/mol. The van der Waals surface area contributed by atoms with E-state index >= 15 is 0 Å². The molecule has 3 heteroatoms. The van der Waals surface area contributed by atoms with E-state index in [4.69, 9.17) is 9.84 Å². The lowest BCUT2D eigenvalue weighted by molar-refractivity contribution is 0.0533. The monoisotopic (exact) mass is 258 g/mol. The Hall–Kier alpha value is -1.84. The van der Waals surface area contributed by atoms with Crippen LogP contribution in [0.3, 0.4) is 0 Å². The average Bonchev–Trinajstić information content (AvgIpc) is 2.47. The summed E-state index contributed by atoms with van der Waals surface area (Å²) in [5.74, 6) is 0.749. The van der Waals surface area contributed by atoms with Crippen LogP contribution in [0.5, 0.6) is 5.75 Å². The summed E-state index contributed by atoms with van der Waals surface area (Å²) in [5, 5.41) is 18.1. The molecule has 0 amide bonds. The first-order valence-electron chi connectivity index (χ1n) is 6.33. The van der Waals surface area contributed by atoms with E-state index in [0.717, 1.165) is 17.7 Å². The van der Waals surface area contributed by atoms with Crippen LogP contribution in [0.25, 0.3) is 0 Å². The van der Waals surface area contributed by atoms with Gasteiger partial charge in [-0.3, -0.25) is 0 Å². The Balaban J connectivity index is 2.08. The van der Waals surface area contributed by atoms with Crippen molar-refractivity contribution in [3.05, 3.63) is 65.7 Å². The third-order valence-electron chi connectivity index (χ3n) is 2.85. The van der Waals surface area contributed by atoms with Crippen molar-refractivity contribution in [1.29, 1.82) is 0 Å². The Bertz CT molecular complexity index is 496. The molecule has 1 atom stereocenters. The Morgan fingerprint density at radius 2 is 1.63 bits per heavy atom. The van der Waals surface area contributed by atoms with E-state index in [1.807, 2.05) is 42.5 Å². The van der Waals surface area contributed by atoms with Gasteiger partial charge in [0.2, 0.25) is 0 Å². The highest BCUT2D eigenvalue weighted by Crippen LogP contribution is 2.21. The lowest BCUT2D eigenvalue weighted by Crippen LogP contribution is -2.21. The normalized spacial score (nSPS) is 12.1. The summed E-state index contributed by atoms with van der Waals surface area (Å²) >= 11 is 0. The maximum atomic E-state index is 9.32. The first-order valence-corrected chi connectivity index (χ1v) is 6.33. The predicted octanol–water partition coefficient (Wildman–Crippen LogP) is 2.01. The van der Waals surface area contributed by atoms with E-state index in [0.29, 0.717) is 0 Å². The quantitative estimate of drug-likeness (QED) is 0.833. The molecule has 0 aliphatic rings. The van der Waals surface area contributed by atoms with E-state index in [1.54, 1.807) is 0 Å². The lowest BCUT2D eigenvalue weighted by atomic mass is 10.0. The summed E-state index contributed by atoms with van der Waals surface area (Å²) in [6.07, 6.45) is -0.0588. The molecule has 100 valence electrons. The highest BCUT2D eigenvalue weighted by molar-refractivity contribution is 5.37. The fourth-order valence-corrected chi connectivity index (χ4v) is 1.85. The summed E-state index contributed by atoms with van der Waals surface area (Å²) < 4.78 is 5.55. The second-order valence-corrected chi connectivity index (χ2v) is 4.42. The Labute approximate surface area is 113 Å². The molecule has 0 heterocycles. The number of aliphatic hydroxyl groups excluding tert-OH is 2. The van der Waals surface area contributed by atoms with Crippen LogP contribution in [0.2, 0.25) is 0 Å². The van der Waals surface area contributed by atoms with Crippen molar-refractivity contribution >= 4 is 0 Å². The molecule has 0 aliphatic carbocycles. The van der Waals surface area contributed by atoms with Crippen LogP contribution in [-0.4, -0.2) is 29.5 Å². The number of ether oxygens (including phenoxy) is 1. The number of hydrogen-bond acceptors (Lipinski definition) is 3. The van der Waals surface area contributed by atoms with E-state index in [1.165, 1.54) is 5.56 Å². The van der Waals surface area contributed by atoms with Gasteiger partial charge in [0.05, 0.1) is 6.61 Å².